The summed E-state index contributed by atoms with van der Waals surface area (Å²) < 4.78 is 48.1. The van der Waals surface area contributed by atoms with E-state index in [1.54, 1.807) is 23.6 Å². The lowest BCUT2D eigenvalue weighted by molar-refractivity contribution is 0.412. The first-order valence-electron chi connectivity index (χ1n) is 12.0. The smallest absolute Gasteiger partial charge is 0.227 e. The standard InChI is InChI=1S/C25H24N2OS/c1-14-9-10-17-16-7-6-8-18(23(16)28-24(17)27-14)22-21-19(13-25(3,4)5)15(2)29-20(21)11-12-26-22/h6-12H,13H2,1-5H3/i1D3,13D2. The van der Waals surface area contributed by atoms with Crippen molar-refractivity contribution in [3.05, 3.63) is 58.7 Å². The fourth-order valence-electron chi connectivity index (χ4n) is 3.76. The zero-order chi connectivity index (χ0) is 24.6. The van der Waals surface area contributed by atoms with Gasteiger partial charge in [-0.3, -0.25) is 4.98 Å². The number of para-hydroxylation sites is 1. The van der Waals surface area contributed by atoms with E-state index >= 15 is 0 Å². The lowest BCUT2D eigenvalue weighted by Gasteiger charge is -2.19. The highest BCUT2D eigenvalue weighted by molar-refractivity contribution is 7.19. The lowest BCUT2D eigenvalue weighted by Crippen LogP contribution is -2.09. The molecule has 4 heterocycles. The number of furan rings is 1. The maximum Gasteiger partial charge on any atom is 0.227 e. The molecular weight excluding hydrogens is 376 g/mol. The van der Waals surface area contributed by atoms with Crippen molar-refractivity contribution in [1.29, 1.82) is 0 Å². The van der Waals surface area contributed by atoms with Crippen molar-refractivity contribution in [1.82, 2.24) is 9.97 Å². The quantitative estimate of drug-likeness (QED) is 0.306. The number of pyridine rings is 2. The third-order valence-electron chi connectivity index (χ3n) is 4.90. The number of benzene rings is 1. The van der Waals surface area contributed by atoms with Crippen LogP contribution in [-0.4, -0.2) is 9.97 Å². The van der Waals surface area contributed by atoms with Crippen molar-refractivity contribution in [3.8, 4) is 11.3 Å². The van der Waals surface area contributed by atoms with Crippen LogP contribution in [-0.2, 0) is 6.37 Å². The van der Waals surface area contributed by atoms with Gasteiger partial charge in [0.25, 0.3) is 0 Å². The second-order valence-corrected chi connectivity index (χ2v) is 9.53. The molecule has 0 bridgehead atoms. The first-order chi connectivity index (χ1) is 15.8. The first-order valence-corrected chi connectivity index (χ1v) is 10.3. The molecule has 1 aromatic carbocycles. The second-order valence-electron chi connectivity index (χ2n) is 8.27. The Morgan fingerprint density at radius 1 is 1.14 bits per heavy atom. The van der Waals surface area contributed by atoms with Gasteiger partial charge in [-0.05, 0) is 55.4 Å². The average molecular weight is 406 g/mol. The minimum atomic E-state index is -2.33. The number of aromatic nitrogens is 2. The number of hydrogen-bond acceptors (Lipinski definition) is 4. The summed E-state index contributed by atoms with van der Waals surface area (Å²) in [5, 5.41) is 2.32. The molecule has 4 aromatic heterocycles. The van der Waals surface area contributed by atoms with Crippen molar-refractivity contribution in [2.24, 2.45) is 5.41 Å². The number of thiophene rings is 1. The Balaban J connectivity index is 1.84. The third kappa shape index (κ3) is 3.03. The number of nitrogens with zero attached hydrogens (tertiary/aromatic N) is 2. The van der Waals surface area contributed by atoms with Crippen LogP contribution < -0.4 is 0 Å². The molecular formula is C25H24N2OS. The molecule has 0 saturated carbocycles. The zero-order valence-electron chi connectivity index (χ0n) is 21.8. The molecule has 0 N–H and O–H groups in total. The lowest BCUT2D eigenvalue weighted by atomic mass is 9.86. The van der Waals surface area contributed by atoms with E-state index in [1.807, 2.05) is 52.0 Å². The van der Waals surface area contributed by atoms with Crippen LogP contribution in [0.15, 0.2) is 47.0 Å². The molecule has 3 nitrogen and oxygen atoms in total. The molecule has 0 aliphatic heterocycles. The van der Waals surface area contributed by atoms with E-state index in [-0.39, 0.29) is 11.4 Å². The maximum atomic E-state index is 9.01. The van der Waals surface area contributed by atoms with Gasteiger partial charge in [0.1, 0.15) is 5.58 Å². The van der Waals surface area contributed by atoms with Crippen LogP contribution in [0.5, 0.6) is 0 Å². The number of aryl methyl sites for hydroxylation is 2. The van der Waals surface area contributed by atoms with Crippen molar-refractivity contribution in [2.75, 3.05) is 0 Å². The Hall–Kier alpha value is -2.72. The molecule has 0 unspecified atom stereocenters. The molecule has 29 heavy (non-hydrogen) atoms. The maximum absolute atomic E-state index is 9.01. The Labute approximate surface area is 181 Å². The van der Waals surface area contributed by atoms with Crippen LogP contribution in [0, 0.1) is 19.2 Å². The van der Waals surface area contributed by atoms with Gasteiger partial charge in [0.15, 0.2) is 0 Å². The van der Waals surface area contributed by atoms with Gasteiger partial charge in [0.2, 0.25) is 5.71 Å². The van der Waals surface area contributed by atoms with Gasteiger partial charge in [-0.15, -0.1) is 11.3 Å². The highest BCUT2D eigenvalue weighted by atomic mass is 32.1. The van der Waals surface area contributed by atoms with Crippen LogP contribution in [0.4, 0.5) is 0 Å². The highest BCUT2D eigenvalue weighted by Gasteiger charge is 2.22. The molecule has 0 aliphatic carbocycles. The molecule has 4 heteroatoms. The van der Waals surface area contributed by atoms with E-state index < -0.39 is 18.6 Å². The van der Waals surface area contributed by atoms with Gasteiger partial charge in [0, 0.05) is 50.0 Å². The Kier molecular flexibility index (Phi) is 2.97. The van der Waals surface area contributed by atoms with E-state index in [0.29, 0.717) is 16.8 Å². The second kappa shape index (κ2) is 6.39. The molecule has 0 fully saturated rings. The first kappa shape index (κ1) is 13.5. The molecule has 0 saturated heterocycles. The molecule has 146 valence electrons. The summed E-state index contributed by atoms with van der Waals surface area (Å²) >= 11 is 1.56. The summed E-state index contributed by atoms with van der Waals surface area (Å²) in [6.07, 6.45) is 0.140. The molecule has 0 aliphatic rings. The van der Waals surface area contributed by atoms with Crippen LogP contribution in [0.2, 0.25) is 0 Å². The summed E-state index contributed by atoms with van der Waals surface area (Å²) in [5.41, 5.74) is 2.19. The van der Waals surface area contributed by atoms with E-state index in [2.05, 4.69) is 4.98 Å². The van der Waals surface area contributed by atoms with Gasteiger partial charge in [-0.25, -0.2) is 4.98 Å². The Bertz CT molecular complexity index is 1570. The Morgan fingerprint density at radius 3 is 2.79 bits per heavy atom. The SMILES string of the molecule is [2H]C([2H])([2H])c1ccc2c(n1)oc1c(-c3nccc4sc(C)c(C([2H])([2H])C(C)(C)C)c34)cccc12. The highest BCUT2D eigenvalue weighted by Crippen LogP contribution is 2.42. The van der Waals surface area contributed by atoms with Crippen molar-refractivity contribution in [2.45, 2.75) is 40.9 Å². The topological polar surface area (TPSA) is 38.9 Å². The summed E-state index contributed by atoms with van der Waals surface area (Å²) in [6, 6.07) is 10.9. The molecule has 0 radical (unpaired) electrons. The van der Waals surface area contributed by atoms with Crippen molar-refractivity contribution in [3.63, 3.8) is 0 Å². The minimum absolute atomic E-state index is 0.0186. The largest absolute Gasteiger partial charge is 0.437 e. The number of hydrogen-bond donors (Lipinski definition) is 0. The fourth-order valence-corrected chi connectivity index (χ4v) is 4.77. The number of rotatable bonds is 2. The van der Waals surface area contributed by atoms with Gasteiger partial charge >= 0.3 is 0 Å². The van der Waals surface area contributed by atoms with Crippen LogP contribution in [0.3, 0.4) is 0 Å². The van der Waals surface area contributed by atoms with Gasteiger partial charge < -0.3 is 4.42 Å². The predicted octanol–water partition coefficient (Wildman–Crippen LogP) is 7.46. The van der Waals surface area contributed by atoms with Crippen LogP contribution in [0.25, 0.3) is 43.4 Å². The summed E-state index contributed by atoms with van der Waals surface area (Å²) in [5.74, 6) is 0. The van der Waals surface area contributed by atoms with Gasteiger partial charge in [-0.1, -0.05) is 32.9 Å². The average Bonchev–Trinajstić information content (AvgIpc) is 3.28. The van der Waals surface area contributed by atoms with Crippen LogP contribution in [0.1, 0.15) is 43.8 Å². The van der Waals surface area contributed by atoms with Gasteiger partial charge in [-0.2, -0.15) is 0 Å². The minimum Gasteiger partial charge on any atom is -0.437 e. The normalized spacial score (nSPS) is 15.9. The van der Waals surface area contributed by atoms with E-state index in [9.17, 15) is 0 Å². The zero-order valence-corrected chi connectivity index (χ0v) is 17.6. The van der Waals surface area contributed by atoms with Crippen LogP contribution >= 0.6 is 11.3 Å². The van der Waals surface area contributed by atoms with E-state index in [0.717, 1.165) is 31.3 Å². The predicted molar refractivity (Wildman–Crippen MR) is 123 cm³/mol. The monoisotopic (exact) mass is 405 g/mol. The molecule has 0 atom stereocenters. The summed E-state index contributed by atoms with van der Waals surface area (Å²) in [7, 11) is 0. The number of fused-ring (bicyclic) bond motifs is 4. The molecule has 0 spiro atoms. The summed E-state index contributed by atoms with van der Waals surface area (Å²) in [4.78, 5) is 9.88. The molecule has 0 amide bonds. The van der Waals surface area contributed by atoms with Gasteiger partial charge in [0.05, 0.1) is 5.69 Å². The van der Waals surface area contributed by atoms with Crippen molar-refractivity contribution < 1.29 is 11.3 Å². The third-order valence-corrected chi connectivity index (χ3v) is 5.97. The summed E-state index contributed by atoms with van der Waals surface area (Å²) in [6.45, 7) is 5.33. The van der Waals surface area contributed by atoms with E-state index in [1.165, 1.54) is 6.07 Å². The molecule has 5 rings (SSSR count). The van der Waals surface area contributed by atoms with E-state index in [4.69, 9.17) is 16.3 Å². The molecule has 5 aromatic rings. The Morgan fingerprint density at radius 2 is 2.00 bits per heavy atom. The fraction of sp³-hybridized carbons (Fsp3) is 0.280. The van der Waals surface area contributed by atoms with Crippen molar-refractivity contribution >= 4 is 43.5 Å².